The van der Waals surface area contributed by atoms with Crippen LogP contribution in [0.2, 0.25) is 0 Å². The van der Waals surface area contributed by atoms with Gasteiger partial charge in [0.2, 0.25) is 0 Å². The molecule has 1 aromatic carbocycles. The number of para-hydroxylation sites is 1. The maximum absolute atomic E-state index is 11.7. The van der Waals surface area contributed by atoms with Crippen molar-refractivity contribution in [3.05, 3.63) is 52.2 Å². The van der Waals surface area contributed by atoms with Gasteiger partial charge < -0.3 is 8.82 Å². The molecule has 0 saturated carbocycles. The number of fused-ring (bicyclic) bond motifs is 3. The van der Waals surface area contributed by atoms with E-state index in [4.69, 9.17) is 4.42 Å². The second-order valence-corrected chi connectivity index (χ2v) is 3.99. The van der Waals surface area contributed by atoms with Gasteiger partial charge in [-0.3, -0.25) is 0 Å². The molecule has 3 heteroatoms. The first-order chi connectivity index (χ1) is 7.70. The third-order valence-electron chi connectivity index (χ3n) is 3.01. The summed E-state index contributed by atoms with van der Waals surface area (Å²) in [6, 6.07) is 7.99. The Morgan fingerprint density at radius 1 is 1.19 bits per heavy atom. The fourth-order valence-electron chi connectivity index (χ4n) is 2.26. The Labute approximate surface area is 91.9 Å². The maximum atomic E-state index is 11.7. The third kappa shape index (κ3) is 0.999. The van der Waals surface area contributed by atoms with Crippen LogP contribution in [0.3, 0.4) is 0 Å². The van der Waals surface area contributed by atoms with Crippen molar-refractivity contribution in [2.24, 2.45) is 0 Å². The third-order valence-corrected chi connectivity index (χ3v) is 3.01. The van der Waals surface area contributed by atoms with Crippen molar-refractivity contribution < 1.29 is 4.42 Å². The molecule has 80 valence electrons. The number of benzene rings is 1. The number of rotatable bonds is 0. The summed E-state index contributed by atoms with van der Waals surface area (Å²) >= 11 is 0. The lowest BCUT2D eigenvalue weighted by atomic mass is 10.2. The van der Waals surface area contributed by atoms with Gasteiger partial charge >= 0.3 is 5.63 Å². The minimum Gasteiger partial charge on any atom is -0.428 e. The topological polar surface area (TPSA) is 34.6 Å². The SMILES string of the molecule is Cc1c2ccccc2n2c(C)coc(=O)c12. The van der Waals surface area contributed by atoms with Crippen LogP contribution in [0.1, 0.15) is 11.3 Å². The number of aryl methyl sites for hydroxylation is 2. The van der Waals surface area contributed by atoms with Crippen molar-refractivity contribution in [3.63, 3.8) is 0 Å². The normalized spacial score (nSPS) is 11.4. The molecule has 0 atom stereocenters. The van der Waals surface area contributed by atoms with Gasteiger partial charge in [-0.2, -0.15) is 0 Å². The fourth-order valence-corrected chi connectivity index (χ4v) is 2.26. The summed E-state index contributed by atoms with van der Waals surface area (Å²) in [7, 11) is 0. The number of nitrogens with zero attached hydrogens (tertiary/aromatic N) is 1. The smallest absolute Gasteiger partial charge is 0.360 e. The van der Waals surface area contributed by atoms with Crippen LogP contribution >= 0.6 is 0 Å². The van der Waals surface area contributed by atoms with Crippen LogP contribution < -0.4 is 5.63 Å². The first-order valence-electron chi connectivity index (χ1n) is 5.18. The lowest BCUT2D eigenvalue weighted by Crippen LogP contribution is -2.05. The van der Waals surface area contributed by atoms with E-state index in [1.807, 2.05) is 42.5 Å². The van der Waals surface area contributed by atoms with E-state index in [9.17, 15) is 4.79 Å². The first-order valence-corrected chi connectivity index (χ1v) is 5.18. The maximum Gasteiger partial charge on any atom is 0.360 e. The Morgan fingerprint density at radius 3 is 2.75 bits per heavy atom. The molecule has 16 heavy (non-hydrogen) atoms. The molecular formula is C13H11NO2. The van der Waals surface area contributed by atoms with Crippen LogP contribution in [0.4, 0.5) is 0 Å². The minimum absolute atomic E-state index is 0.278. The quantitative estimate of drug-likeness (QED) is 0.575. The summed E-state index contributed by atoms with van der Waals surface area (Å²) in [6.45, 7) is 3.88. The van der Waals surface area contributed by atoms with Gasteiger partial charge in [0.05, 0.1) is 11.2 Å². The predicted octanol–water partition coefficient (Wildman–Crippen LogP) is 2.66. The molecule has 0 aliphatic carbocycles. The zero-order chi connectivity index (χ0) is 11.3. The highest BCUT2D eigenvalue weighted by molar-refractivity contribution is 5.91. The van der Waals surface area contributed by atoms with E-state index in [1.54, 1.807) is 0 Å². The fraction of sp³-hybridized carbons (Fsp3) is 0.154. The largest absolute Gasteiger partial charge is 0.428 e. The van der Waals surface area contributed by atoms with Crippen molar-refractivity contribution in [3.8, 4) is 0 Å². The highest BCUT2D eigenvalue weighted by Crippen LogP contribution is 2.24. The molecular weight excluding hydrogens is 202 g/mol. The highest BCUT2D eigenvalue weighted by Gasteiger charge is 2.12. The summed E-state index contributed by atoms with van der Waals surface area (Å²) < 4.78 is 6.96. The standard InChI is InChI=1S/C13H11NO2/c1-8-7-16-13(15)12-9(2)10-5-3-4-6-11(10)14(8)12/h3-7H,1-2H3. The van der Waals surface area contributed by atoms with Crippen molar-refractivity contribution in [1.82, 2.24) is 4.40 Å². The minimum atomic E-state index is -0.278. The van der Waals surface area contributed by atoms with E-state index in [0.717, 1.165) is 22.2 Å². The van der Waals surface area contributed by atoms with E-state index in [2.05, 4.69) is 0 Å². The molecule has 0 bridgehead atoms. The van der Waals surface area contributed by atoms with Crippen molar-refractivity contribution in [2.45, 2.75) is 13.8 Å². The molecule has 0 N–H and O–H groups in total. The molecule has 0 fully saturated rings. The number of hydrogen-bond acceptors (Lipinski definition) is 2. The summed E-state index contributed by atoms with van der Waals surface area (Å²) in [5.74, 6) is 0. The lowest BCUT2D eigenvalue weighted by molar-refractivity contribution is 0.504. The van der Waals surface area contributed by atoms with E-state index < -0.39 is 0 Å². The van der Waals surface area contributed by atoms with E-state index in [1.165, 1.54) is 6.26 Å². The summed E-state index contributed by atoms with van der Waals surface area (Å²) in [6.07, 6.45) is 1.50. The van der Waals surface area contributed by atoms with Gasteiger partial charge in [-0.1, -0.05) is 18.2 Å². The average molecular weight is 213 g/mol. The van der Waals surface area contributed by atoms with Crippen LogP contribution in [0.25, 0.3) is 16.4 Å². The van der Waals surface area contributed by atoms with Gasteiger partial charge in [-0.05, 0) is 25.5 Å². The van der Waals surface area contributed by atoms with Crippen molar-refractivity contribution >= 4 is 16.4 Å². The molecule has 3 rings (SSSR count). The molecule has 3 nitrogen and oxygen atoms in total. The van der Waals surface area contributed by atoms with Crippen LogP contribution in [-0.2, 0) is 0 Å². The average Bonchev–Trinajstić information content (AvgIpc) is 2.60. The summed E-state index contributed by atoms with van der Waals surface area (Å²) in [4.78, 5) is 11.7. The highest BCUT2D eigenvalue weighted by atomic mass is 16.4. The Hall–Kier alpha value is -2.03. The monoisotopic (exact) mass is 213 g/mol. The second kappa shape index (κ2) is 2.98. The lowest BCUT2D eigenvalue weighted by Gasteiger charge is -1.99. The molecule has 2 heterocycles. The molecule has 0 saturated heterocycles. The zero-order valence-corrected chi connectivity index (χ0v) is 9.15. The predicted molar refractivity (Wildman–Crippen MR) is 62.9 cm³/mol. The van der Waals surface area contributed by atoms with Gasteiger partial charge in [0, 0.05) is 5.39 Å². The Morgan fingerprint density at radius 2 is 1.94 bits per heavy atom. The van der Waals surface area contributed by atoms with Gasteiger partial charge in [0.25, 0.3) is 0 Å². The van der Waals surface area contributed by atoms with E-state index in [0.29, 0.717) is 5.52 Å². The van der Waals surface area contributed by atoms with Gasteiger partial charge in [-0.25, -0.2) is 4.79 Å². The Bertz CT molecular complexity index is 750. The van der Waals surface area contributed by atoms with Crippen molar-refractivity contribution in [1.29, 1.82) is 0 Å². The Balaban J connectivity index is 2.78. The van der Waals surface area contributed by atoms with Crippen LogP contribution in [0, 0.1) is 13.8 Å². The van der Waals surface area contributed by atoms with E-state index in [-0.39, 0.29) is 5.63 Å². The molecule has 0 unspecified atom stereocenters. The van der Waals surface area contributed by atoms with Gasteiger partial charge in [-0.15, -0.1) is 0 Å². The molecule has 0 aliphatic heterocycles. The first kappa shape index (κ1) is 9.21. The van der Waals surface area contributed by atoms with Crippen LogP contribution in [0.5, 0.6) is 0 Å². The van der Waals surface area contributed by atoms with E-state index >= 15 is 0 Å². The van der Waals surface area contributed by atoms with Crippen LogP contribution in [-0.4, -0.2) is 4.40 Å². The number of aromatic nitrogens is 1. The summed E-state index contributed by atoms with van der Waals surface area (Å²) in [5.41, 5.74) is 3.33. The molecule has 0 aliphatic rings. The second-order valence-electron chi connectivity index (χ2n) is 3.99. The zero-order valence-electron chi connectivity index (χ0n) is 9.15. The molecule has 2 aromatic heterocycles. The summed E-state index contributed by atoms with van der Waals surface area (Å²) in [5, 5.41) is 1.10. The van der Waals surface area contributed by atoms with Crippen molar-refractivity contribution in [2.75, 3.05) is 0 Å². The molecule has 0 radical (unpaired) electrons. The van der Waals surface area contributed by atoms with Crippen LogP contribution in [0.15, 0.2) is 39.7 Å². The molecule has 0 spiro atoms. The van der Waals surface area contributed by atoms with Gasteiger partial charge in [0.1, 0.15) is 11.8 Å². The van der Waals surface area contributed by atoms with Gasteiger partial charge in [0.15, 0.2) is 0 Å². The molecule has 3 aromatic rings. The molecule has 0 amide bonds. The number of hydrogen-bond donors (Lipinski definition) is 0. The Kier molecular flexibility index (Phi) is 1.72.